The normalized spacial score (nSPS) is 10.0. The van der Waals surface area contributed by atoms with Crippen molar-refractivity contribution in [3.8, 4) is 6.07 Å². The summed E-state index contributed by atoms with van der Waals surface area (Å²) in [6.45, 7) is -0.111. The number of aliphatic hydroxyl groups is 1. The van der Waals surface area contributed by atoms with Crippen molar-refractivity contribution in [1.29, 1.82) is 5.26 Å². The van der Waals surface area contributed by atoms with Crippen LogP contribution in [0.1, 0.15) is 11.1 Å². The summed E-state index contributed by atoms with van der Waals surface area (Å²) in [7, 11) is 0. The number of nitrogens with zero attached hydrogens (tertiary/aromatic N) is 2. The molecule has 90 valence electrons. The molecule has 1 aromatic heterocycles. The van der Waals surface area contributed by atoms with Gasteiger partial charge in [0.15, 0.2) is 5.16 Å². The van der Waals surface area contributed by atoms with E-state index in [2.05, 4.69) is 16.0 Å². The Bertz CT molecular complexity index is 661. The third-order valence-corrected chi connectivity index (χ3v) is 3.18. The smallest absolute Gasteiger partial charge is 0.251 e. The van der Waals surface area contributed by atoms with Crippen molar-refractivity contribution in [1.82, 2.24) is 9.97 Å². The number of nitriles is 1. The van der Waals surface area contributed by atoms with Gasteiger partial charge in [0.05, 0.1) is 12.2 Å². The van der Waals surface area contributed by atoms with E-state index in [9.17, 15) is 4.79 Å². The number of rotatable bonds is 3. The van der Waals surface area contributed by atoms with Crippen LogP contribution in [0.3, 0.4) is 0 Å². The zero-order valence-corrected chi connectivity index (χ0v) is 10.1. The summed E-state index contributed by atoms with van der Waals surface area (Å²) in [5.74, 6) is 0. The lowest BCUT2D eigenvalue weighted by Gasteiger charge is -2.04. The van der Waals surface area contributed by atoms with Crippen molar-refractivity contribution in [3.05, 3.63) is 51.9 Å². The lowest BCUT2D eigenvalue weighted by molar-refractivity contribution is 0.281. The Morgan fingerprint density at radius 1 is 1.44 bits per heavy atom. The molecule has 0 aliphatic heterocycles. The molecule has 2 aromatic rings. The van der Waals surface area contributed by atoms with Gasteiger partial charge in [0.1, 0.15) is 6.07 Å². The number of hydrogen-bond acceptors (Lipinski definition) is 5. The molecule has 0 fully saturated rings. The Labute approximate surface area is 107 Å². The van der Waals surface area contributed by atoms with Crippen molar-refractivity contribution < 1.29 is 5.11 Å². The molecule has 1 heterocycles. The third-order valence-electron chi connectivity index (χ3n) is 2.20. The number of hydrogen-bond donors (Lipinski definition) is 2. The number of nitrogens with one attached hydrogen (secondary N) is 1. The molecule has 0 unspecified atom stereocenters. The minimum atomic E-state index is -0.238. The summed E-state index contributed by atoms with van der Waals surface area (Å²) in [5, 5.41) is 18.5. The molecule has 2 rings (SSSR count). The van der Waals surface area contributed by atoms with Gasteiger partial charge in [-0.25, -0.2) is 4.98 Å². The number of H-pyrrole nitrogens is 1. The Morgan fingerprint density at radius 2 is 2.28 bits per heavy atom. The minimum absolute atomic E-state index is 0.111. The summed E-state index contributed by atoms with van der Waals surface area (Å²) in [5.41, 5.74) is 0.876. The van der Waals surface area contributed by atoms with E-state index in [4.69, 9.17) is 10.4 Å². The topological polar surface area (TPSA) is 89.8 Å². The van der Waals surface area contributed by atoms with Crippen LogP contribution in [0.5, 0.6) is 0 Å². The highest BCUT2D eigenvalue weighted by atomic mass is 32.2. The SMILES string of the molecule is N#Cc1cc(CO)ccc1Sc1nccc(=O)[nH]1. The molecule has 5 nitrogen and oxygen atoms in total. The molecule has 0 aliphatic rings. The second kappa shape index (κ2) is 5.49. The molecule has 0 radical (unpaired) electrons. The first-order chi connectivity index (χ1) is 8.72. The largest absolute Gasteiger partial charge is 0.392 e. The van der Waals surface area contributed by atoms with Gasteiger partial charge < -0.3 is 10.1 Å². The van der Waals surface area contributed by atoms with E-state index in [-0.39, 0.29) is 12.2 Å². The van der Waals surface area contributed by atoms with E-state index in [1.165, 1.54) is 24.0 Å². The molecule has 0 spiro atoms. The van der Waals surface area contributed by atoms with Crippen molar-refractivity contribution >= 4 is 11.8 Å². The Hall–Kier alpha value is -2.10. The summed E-state index contributed by atoms with van der Waals surface area (Å²) < 4.78 is 0. The maximum absolute atomic E-state index is 11.1. The van der Waals surface area contributed by atoms with Gasteiger partial charge in [-0.2, -0.15) is 5.26 Å². The number of aromatic nitrogens is 2. The van der Waals surface area contributed by atoms with Gasteiger partial charge in [-0.05, 0) is 17.7 Å². The molecule has 0 atom stereocenters. The van der Waals surface area contributed by atoms with Crippen LogP contribution in [0.15, 0.2) is 45.3 Å². The third kappa shape index (κ3) is 2.77. The van der Waals surface area contributed by atoms with Crippen LogP contribution in [0.2, 0.25) is 0 Å². The van der Waals surface area contributed by atoms with E-state index in [0.29, 0.717) is 21.2 Å². The maximum atomic E-state index is 11.1. The molecule has 2 N–H and O–H groups in total. The lowest BCUT2D eigenvalue weighted by atomic mass is 10.1. The first-order valence-electron chi connectivity index (χ1n) is 5.10. The van der Waals surface area contributed by atoms with E-state index in [0.717, 1.165) is 0 Å². The zero-order valence-electron chi connectivity index (χ0n) is 9.25. The van der Waals surface area contributed by atoms with Crippen molar-refractivity contribution in [2.24, 2.45) is 0 Å². The Morgan fingerprint density at radius 3 is 2.94 bits per heavy atom. The predicted octanol–water partition coefficient (Wildman–Crippen LogP) is 1.29. The quantitative estimate of drug-likeness (QED) is 0.810. The van der Waals surface area contributed by atoms with Crippen LogP contribution >= 0.6 is 11.8 Å². The highest BCUT2D eigenvalue weighted by Crippen LogP contribution is 2.27. The zero-order chi connectivity index (χ0) is 13.0. The molecule has 6 heteroatoms. The lowest BCUT2D eigenvalue weighted by Crippen LogP contribution is -2.05. The first kappa shape index (κ1) is 12.4. The monoisotopic (exact) mass is 259 g/mol. The van der Waals surface area contributed by atoms with Gasteiger partial charge in [0.2, 0.25) is 0 Å². The summed E-state index contributed by atoms with van der Waals surface area (Å²) in [6.07, 6.45) is 1.41. The fraction of sp³-hybridized carbons (Fsp3) is 0.0833. The van der Waals surface area contributed by atoms with Crippen molar-refractivity contribution in [2.45, 2.75) is 16.7 Å². The summed E-state index contributed by atoms with van der Waals surface area (Å²) >= 11 is 1.20. The second-order valence-corrected chi connectivity index (χ2v) is 4.47. The van der Waals surface area contributed by atoms with Crippen LogP contribution < -0.4 is 5.56 Å². The maximum Gasteiger partial charge on any atom is 0.251 e. The number of aromatic amines is 1. The second-order valence-electron chi connectivity index (χ2n) is 3.44. The predicted molar refractivity (Wildman–Crippen MR) is 66.1 cm³/mol. The molecule has 0 amide bonds. The highest BCUT2D eigenvalue weighted by Gasteiger charge is 2.06. The minimum Gasteiger partial charge on any atom is -0.392 e. The molecule has 0 bridgehead atoms. The van der Waals surface area contributed by atoms with Crippen LogP contribution in [0, 0.1) is 11.3 Å². The van der Waals surface area contributed by atoms with E-state index < -0.39 is 0 Å². The molecule has 0 aliphatic carbocycles. The Kier molecular flexibility index (Phi) is 3.77. The van der Waals surface area contributed by atoms with Gasteiger partial charge in [-0.15, -0.1) is 0 Å². The van der Waals surface area contributed by atoms with Crippen LogP contribution in [0.4, 0.5) is 0 Å². The first-order valence-corrected chi connectivity index (χ1v) is 5.91. The Balaban J connectivity index is 2.35. The molecule has 0 saturated carbocycles. The standard InChI is InChI=1S/C12H9N3O2S/c13-6-9-5-8(7-16)1-2-10(9)18-12-14-4-3-11(17)15-12/h1-5,16H,7H2,(H,14,15,17). The van der Waals surface area contributed by atoms with Crippen molar-refractivity contribution in [2.75, 3.05) is 0 Å². The molecular formula is C12H9N3O2S. The van der Waals surface area contributed by atoms with Gasteiger partial charge >= 0.3 is 0 Å². The summed E-state index contributed by atoms with van der Waals surface area (Å²) in [4.78, 5) is 18.4. The van der Waals surface area contributed by atoms with Crippen LogP contribution in [-0.2, 0) is 6.61 Å². The van der Waals surface area contributed by atoms with Gasteiger partial charge in [0, 0.05) is 17.2 Å². The fourth-order valence-electron chi connectivity index (χ4n) is 1.36. The fourth-order valence-corrected chi connectivity index (χ4v) is 2.18. The number of aliphatic hydroxyl groups excluding tert-OH is 1. The van der Waals surface area contributed by atoms with E-state index in [1.807, 2.05) is 0 Å². The highest BCUT2D eigenvalue weighted by molar-refractivity contribution is 7.99. The molecular weight excluding hydrogens is 250 g/mol. The average Bonchev–Trinajstić information content (AvgIpc) is 2.39. The van der Waals surface area contributed by atoms with E-state index >= 15 is 0 Å². The van der Waals surface area contributed by atoms with Crippen molar-refractivity contribution in [3.63, 3.8) is 0 Å². The molecule has 0 saturated heterocycles. The van der Waals surface area contributed by atoms with Gasteiger partial charge in [-0.3, -0.25) is 4.79 Å². The number of benzene rings is 1. The van der Waals surface area contributed by atoms with Gasteiger partial charge in [-0.1, -0.05) is 17.8 Å². The van der Waals surface area contributed by atoms with Crippen LogP contribution in [0.25, 0.3) is 0 Å². The van der Waals surface area contributed by atoms with Crippen LogP contribution in [-0.4, -0.2) is 15.1 Å². The summed E-state index contributed by atoms with van der Waals surface area (Å²) in [6, 6.07) is 8.44. The molecule has 1 aromatic carbocycles. The average molecular weight is 259 g/mol. The van der Waals surface area contributed by atoms with E-state index in [1.54, 1.807) is 18.2 Å². The molecule has 18 heavy (non-hydrogen) atoms. The van der Waals surface area contributed by atoms with Gasteiger partial charge in [0.25, 0.3) is 5.56 Å².